The number of methoxy groups -OCH3 is 1. The number of Topliss-reactive ketones (excluding diaryl/α,β-unsaturated/α-hetero) is 1. The van der Waals surface area contributed by atoms with Gasteiger partial charge in [-0.3, -0.25) is 9.59 Å². The Morgan fingerprint density at radius 2 is 1.89 bits per heavy atom. The van der Waals surface area contributed by atoms with Crippen LogP contribution in [0.4, 0.5) is 0 Å². The third-order valence-electron chi connectivity index (χ3n) is 4.32. The van der Waals surface area contributed by atoms with Crippen LogP contribution in [0.3, 0.4) is 0 Å². The van der Waals surface area contributed by atoms with Gasteiger partial charge >= 0.3 is 11.9 Å². The number of benzene rings is 1. The second-order valence-corrected chi connectivity index (χ2v) is 6.37. The van der Waals surface area contributed by atoms with Crippen LogP contribution in [-0.2, 0) is 20.7 Å². The van der Waals surface area contributed by atoms with Crippen LogP contribution in [0.1, 0.15) is 51.5 Å². The molecule has 0 fully saturated rings. The number of aryl methyl sites for hydroxylation is 1. The van der Waals surface area contributed by atoms with Crippen molar-refractivity contribution in [3.63, 3.8) is 0 Å². The minimum Gasteiger partial charge on any atom is -0.497 e. The van der Waals surface area contributed by atoms with E-state index >= 15 is 0 Å². The summed E-state index contributed by atoms with van der Waals surface area (Å²) >= 11 is 0. The summed E-state index contributed by atoms with van der Waals surface area (Å²) in [6, 6.07) is 7.06. The molecule has 7 nitrogen and oxygen atoms in total. The van der Waals surface area contributed by atoms with Gasteiger partial charge < -0.3 is 19.2 Å². The van der Waals surface area contributed by atoms with Crippen LogP contribution < -0.4 is 4.74 Å². The number of H-pyrrole nitrogens is 1. The van der Waals surface area contributed by atoms with E-state index in [4.69, 9.17) is 14.2 Å². The zero-order chi connectivity index (χ0) is 20.8. The molecule has 2 rings (SSSR count). The fourth-order valence-corrected chi connectivity index (χ4v) is 2.95. The molecular formula is C21H25NO6. The Bertz CT molecular complexity index is 883. The highest BCUT2D eigenvalue weighted by molar-refractivity contribution is 6.04. The third kappa shape index (κ3) is 4.79. The van der Waals surface area contributed by atoms with Crippen molar-refractivity contribution < 1.29 is 28.6 Å². The predicted molar refractivity (Wildman–Crippen MR) is 103 cm³/mol. The first-order chi connectivity index (χ1) is 13.3. The zero-order valence-corrected chi connectivity index (χ0v) is 16.8. The minimum absolute atomic E-state index is 0.0195. The van der Waals surface area contributed by atoms with Gasteiger partial charge in [-0.2, -0.15) is 0 Å². The van der Waals surface area contributed by atoms with Crippen molar-refractivity contribution in [3.05, 3.63) is 52.3 Å². The van der Waals surface area contributed by atoms with Gasteiger partial charge in [-0.15, -0.1) is 0 Å². The van der Waals surface area contributed by atoms with Gasteiger partial charge in [0.15, 0.2) is 6.10 Å². The fraction of sp³-hybridized carbons (Fsp3) is 0.381. The Kier molecular flexibility index (Phi) is 6.98. The van der Waals surface area contributed by atoms with Crippen molar-refractivity contribution in [1.82, 2.24) is 4.98 Å². The zero-order valence-electron chi connectivity index (χ0n) is 16.8. The highest BCUT2D eigenvalue weighted by Crippen LogP contribution is 2.21. The van der Waals surface area contributed by atoms with Crippen molar-refractivity contribution in [1.29, 1.82) is 0 Å². The molecule has 28 heavy (non-hydrogen) atoms. The number of hydrogen-bond donors (Lipinski definition) is 1. The van der Waals surface area contributed by atoms with Gasteiger partial charge in [-0.25, -0.2) is 4.79 Å². The topological polar surface area (TPSA) is 94.7 Å². The molecule has 150 valence electrons. The van der Waals surface area contributed by atoms with Crippen LogP contribution in [-0.4, -0.2) is 42.5 Å². The van der Waals surface area contributed by atoms with Crippen LogP contribution in [0.25, 0.3) is 0 Å². The average molecular weight is 387 g/mol. The molecule has 0 saturated heterocycles. The molecule has 0 saturated carbocycles. The molecule has 0 amide bonds. The molecule has 7 heteroatoms. The number of aromatic amines is 1. The predicted octanol–water partition coefficient (Wildman–Crippen LogP) is 3.17. The highest BCUT2D eigenvalue weighted by atomic mass is 16.5. The summed E-state index contributed by atoms with van der Waals surface area (Å²) < 4.78 is 15.4. The lowest BCUT2D eigenvalue weighted by Gasteiger charge is -2.12. The van der Waals surface area contributed by atoms with Crippen molar-refractivity contribution in [2.24, 2.45) is 0 Å². The first-order valence-electron chi connectivity index (χ1n) is 9.01. The summed E-state index contributed by atoms with van der Waals surface area (Å²) in [4.78, 5) is 39.9. The van der Waals surface area contributed by atoms with Gasteiger partial charge in [-0.05, 0) is 51.0 Å². The molecule has 0 spiro atoms. The Morgan fingerprint density at radius 1 is 1.18 bits per heavy atom. The van der Waals surface area contributed by atoms with Crippen LogP contribution >= 0.6 is 0 Å². The number of ether oxygens (including phenoxy) is 3. The van der Waals surface area contributed by atoms with Gasteiger partial charge in [0.25, 0.3) is 0 Å². The fourth-order valence-electron chi connectivity index (χ4n) is 2.95. The highest BCUT2D eigenvalue weighted by Gasteiger charge is 2.27. The second-order valence-electron chi connectivity index (χ2n) is 6.37. The van der Waals surface area contributed by atoms with E-state index in [0.717, 1.165) is 5.56 Å². The van der Waals surface area contributed by atoms with E-state index < -0.39 is 23.8 Å². The first-order valence-corrected chi connectivity index (χ1v) is 9.01. The Labute approximate surface area is 164 Å². The van der Waals surface area contributed by atoms with E-state index in [1.807, 2.05) is 0 Å². The number of esters is 2. The van der Waals surface area contributed by atoms with Crippen LogP contribution in [0.5, 0.6) is 5.75 Å². The number of carbonyl (C=O) groups excluding carboxylic acids is 3. The maximum atomic E-state index is 12.7. The van der Waals surface area contributed by atoms with Crippen molar-refractivity contribution >= 4 is 17.7 Å². The molecule has 2 aromatic rings. The van der Waals surface area contributed by atoms with Gasteiger partial charge in [0.1, 0.15) is 5.75 Å². The summed E-state index contributed by atoms with van der Waals surface area (Å²) in [5.41, 5.74) is 2.31. The summed E-state index contributed by atoms with van der Waals surface area (Å²) in [6.07, 6.45) is -0.976. The van der Waals surface area contributed by atoms with Crippen molar-refractivity contribution in [2.75, 3.05) is 13.7 Å². The molecule has 0 aliphatic rings. The lowest BCUT2D eigenvalue weighted by atomic mass is 10.1. The third-order valence-corrected chi connectivity index (χ3v) is 4.32. The van der Waals surface area contributed by atoms with Gasteiger partial charge in [0.05, 0.1) is 31.4 Å². The molecule has 0 bridgehead atoms. The van der Waals surface area contributed by atoms with E-state index in [0.29, 0.717) is 22.6 Å². The molecule has 1 atom stereocenters. The standard InChI is InChI=1S/C21H25NO6/c1-6-27-21(25)18-12(2)19(22-13(18)3)20(24)14(4)28-17(23)11-15-8-7-9-16(10-15)26-5/h7-10,14,22H,6,11H2,1-5H3/t14-/m0/s1. The normalized spacial score (nSPS) is 11.6. The average Bonchev–Trinajstić information content (AvgIpc) is 2.95. The maximum Gasteiger partial charge on any atom is 0.340 e. The lowest BCUT2D eigenvalue weighted by Crippen LogP contribution is -2.26. The Balaban J connectivity index is 2.09. The molecule has 0 unspecified atom stereocenters. The molecule has 1 N–H and O–H groups in total. The van der Waals surface area contributed by atoms with Gasteiger partial charge in [0, 0.05) is 5.69 Å². The van der Waals surface area contributed by atoms with Crippen LogP contribution in [0.2, 0.25) is 0 Å². The molecule has 1 heterocycles. The molecule has 0 aliphatic carbocycles. The van der Waals surface area contributed by atoms with Gasteiger partial charge in [-0.1, -0.05) is 12.1 Å². The van der Waals surface area contributed by atoms with E-state index in [2.05, 4.69) is 4.98 Å². The largest absolute Gasteiger partial charge is 0.497 e. The van der Waals surface area contributed by atoms with E-state index in [9.17, 15) is 14.4 Å². The number of aromatic nitrogens is 1. The van der Waals surface area contributed by atoms with Crippen LogP contribution in [0.15, 0.2) is 24.3 Å². The smallest absolute Gasteiger partial charge is 0.340 e. The van der Waals surface area contributed by atoms with Gasteiger partial charge in [0.2, 0.25) is 5.78 Å². The molecule has 0 radical (unpaired) electrons. The number of nitrogens with one attached hydrogen (secondary N) is 1. The van der Waals surface area contributed by atoms with E-state index in [1.54, 1.807) is 52.1 Å². The quantitative estimate of drug-likeness (QED) is 0.552. The Hall–Kier alpha value is -3.09. The number of carbonyl (C=O) groups is 3. The van der Waals surface area contributed by atoms with Crippen molar-refractivity contribution in [2.45, 2.75) is 40.2 Å². The molecule has 1 aromatic carbocycles. The first kappa shape index (κ1) is 21.2. The van der Waals surface area contributed by atoms with Crippen LogP contribution in [0, 0.1) is 13.8 Å². The molecule has 1 aromatic heterocycles. The summed E-state index contributed by atoms with van der Waals surface area (Å²) in [6.45, 7) is 6.81. The van der Waals surface area contributed by atoms with Crippen molar-refractivity contribution in [3.8, 4) is 5.75 Å². The SMILES string of the molecule is CCOC(=O)c1c(C)[nH]c(C(=O)[C@H](C)OC(=O)Cc2cccc(OC)c2)c1C. The molecular weight excluding hydrogens is 362 g/mol. The number of ketones is 1. The van der Waals surface area contributed by atoms with E-state index in [-0.39, 0.29) is 18.7 Å². The number of rotatable bonds is 8. The second kappa shape index (κ2) is 9.21. The Morgan fingerprint density at radius 3 is 2.54 bits per heavy atom. The summed E-state index contributed by atoms with van der Waals surface area (Å²) in [5.74, 6) is -0.787. The summed E-state index contributed by atoms with van der Waals surface area (Å²) in [5, 5.41) is 0. The van der Waals surface area contributed by atoms with E-state index in [1.165, 1.54) is 6.92 Å². The maximum absolute atomic E-state index is 12.7. The number of hydrogen-bond acceptors (Lipinski definition) is 6. The lowest BCUT2D eigenvalue weighted by molar-refractivity contribution is -0.145. The summed E-state index contributed by atoms with van der Waals surface area (Å²) in [7, 11) is 1.55. The minimum atomic E-state index is -0.995. The molecule has 0 aliphatic heterocycles. The monoisotopic (exact) mass is 387 g/mol.